The summed E-state index contributed by atoms with van der Waals surface area (Å²) in [6, 6.07) is 19.1. The van der Waals surface area contributed by atoms with E-state index >= 15 is 0 Å². The van der Waals surface area contributed by atoms with Gasteiger partial charge in [0, 0.05) is 22.7 Å². The topological polar surface area (TPSA) is 62.1 Å². The number of rotatable bonds is 7. The summed E-state index contributed by atoms with van der Waals surface area (Å²) in [5.74, 6) is -0.410. The number of halogens is 2. The zero-order valence-corrected chi connectivity index (χ0v) is 18.5. The quantitative estimate of drug-likeness (QED) is 0.346. The maximum Gasteiger partial charge on any atom is 0.266 e. The van der Waals surface area contributed by atoms with Crippen LogP contribution in [0.15, 0.2) is 66.2 Å². The van der Waals surface area contributed by atoms with Crippen molar-refractivity contribution in [1.82, 2.24) is 0 Å². The summed E-state index contributed by atoms with van der Waals surface area (Å²) in [6.45, 7) is 2.05. The van der Waals surface area contributed by atoms with Crippen molar-refractivity contribution in [3.8, 4) is 11.8 Å². The molecule has 1 N–H and O–H groups in total. The van der Waals surface area contributed by atoms with Crippen molar-refractivity contribution in [1.29, 1.82) is 5.26 Å². The smallest absolute Gasteiger partial charge is 0.266 e. The fourth-order valence-electron chi connectivity index (χ4n) is 3.24. The van der Waals surface area contributed by atoms with Crippen molar-refractivity contribution < 1.29 is 13.9 Å². The van der Waals surface area contributed by atoms with Crippen LogP contribution in [0.25, 0.3) is 6.08 Å². The number of methoxy groups -OCH3 is 1. The lowest BCUT2D eigenvalue weighted by molar-refractivity contribution is -0.112. The number of amides is 1. The van der Waals surface area contributed by atoms with E-state index in [0.717, 1.165) is 12.0 Å². The lowest BCUT2D eigenvalue weighted by atomic mass is 10.0. The van der Waals surface area contributed by atoms with Gasteiger partial charge in [-0.15, -0.1) is 0 Å². The molecular formula is C26H22ClFN2O2. The molecule has 0 unspecified atom stereocenters. The van der Waals surface area contributed by atoms with Gasteiger partial charge in [-0.2, -0.15) is 5.26 Å². The average Bonchev–Trinajstić information content (AvgIpc) is 2.80. The summed E-state index contributed by atoms with van der Waals surface area (Å²) in [6.07, 6.45) is 2.59. The summed E-state index contributed by atoms with van der Waals surface area (Å²) in [7, 11) is 1.49. The van der Waals surface area contributed by atoms with Crippen molar-refractivity contribution in [2.45, 2.75) is 19.8 Å². The molecule has 0 saturated heterocycles. The Balaban J connectivity index is 1.87. The number of anilines is 1. The molecule has 4 nitrogen and oxygen atoms in total. The monoisotopic (exact) mass is 448 g/mol. The second-order valence-corrected chi connectivity index (χ2v) is 7.53. The van der Waals surface area contributed by atoms with Crippen molar-refractivity contribution in [2.24, 2.45) is 0 Å². The maximum atomic E-state index is 14.1. The Kier molecular flexibility index (Phi) is 7.64. The summed E-state index contributed by atoms with van der Waals surface area (Å²) in [5, 5.41) is 12.6. The van der Waals surface area contributed by atoms with Crippen molar-refractivity contribution >= 4 is 29.3 Å². The van der Waals surface area contributed by atoms with Crippen LogP contribution in [0, 0.1) is 17.1 Å². The minimum Gasteiger partial charge on any atom is -0.496 e. The molecule has 6 heteroatoms. The molecule has 0 fully saturated rings. The molecule has 0 bridgehead atoms. The lowest BCUT2D eigenvalue weighted by Crippen LogP contribution is -2.13. The standard InChI is InChI=1S/C26H22ClFN2O2/c1-3-17-8-10-21(11-9-17)30-26(31)20(16-29)12-18-13-23(27)22(25(14-18)32-2)15-19-6-4-5-7-24(19)28/h4-14H,3,15H2,1-2H3,(H,30,31)/b20-12+. The van der Waals surface area contributed by atoms with E-state index in [1.165, 1.54) is 19.3 Å². The number of nitrogens with one attached hydrogen (secondary N) is 1. The number of carbonyl (C=O) groups excluding carboxylic acids is 1. The molecule has 1 amide bonds. The largest absolute Gasteiger partial charge is 0.496 e. The highest BCUT2D eigenvalue weighted by molar-refractivity contribution is 6.31. The number of hydrogen-bond donors (Lipinski definition) is 1. The van der Waals surface area contributed by atoms with Crippen LogP contribution < -0.4 is 10.1 Å². The first-order valence-electron chi connectivity index (χ1n) is 10.1. The molecule has 0 saturated carbocycles. The summed E-state index contributed by atoms with van der Waals surface area (Å²) < 4.78 is 19.5. The molecule has 3 aromatic carbocycles. The molecule has 0 aromatic heterocycles. The number of nitriles is 1. The molecule has 0 atom stereocenters. The third kappa shape index (κ3) is 5.54. The van der Waals surface area contributed by atoms with Crippen LogP contribution in [0.5, 0.6) is 5.75 Å². The van der Waals surface area contributed by atoms with E-state index in [1.54, 1.807) is 42.5 Å². The van der Waals surface area contributed by atoms with Gasteiger partial charge in [-0.3, -0.25) is 4.79 Å². The zero-order valence-electron chi connectivity index (χ0n) is 17.8. The molecule has 0 aliphatic carbocycles. The normalized spacial score (nSPS) is 11.0. The second-order valence-electron chi connectivity index (χ2n) is 7.13. The van der Waals surface area contributed by atoms with Gasteiger partial charge in [-0.25, -0.2) is 4.39 Å². The van der Waals surface area contributed by atoms with Crippen LogP contribution in [0.2, 0.25) is 5.02 Å². The minimum atomic E-state index is -0.526. The molecule has 3 aromatic rings. The minimum absolute atomic E-state index is 0.0791. The van der Waals surface area contributed by atoms with Gasteiger partial charge >= 0.3 is 0 Å². The number of aryl methyl sites for hydroxylation is 1. The van der Waals surface area contributed by atoms with Gasteiger partial charge in [-0.05, 0) is 59.5 Å². The summed E-state index contributed by atoms with van der Waals surface area (Å²) in [4.78, 5) is 12.6. The third-order valence-electron chi connectivity index (χ3n) is 5.02. The first kappa shape index (κ1) is 23.1. The van der Waals surface area contributed by atoms with Gasteiger partial charge < -0.3 is 10.1 Å². The molecule has 0 heterocycles. The summed E-state index contributed by atoms with van der Waals surface area (Å²) >= 11 is 6.46. The van der Waals surface area contributed by atoms with Gasteiger partial charge in [0.25, 0.3) is 5.91 Å². The van der Waals surface area contributed by atoms with Crippen LogP contribution in [0.4, 0.5) is 10.1 Å². The van der Waals surface area contributed by atoms with E-state index in [4.69, 9.17) is 16.3 Å². The summed E-state index contributed by atoms with van der Waals surface area (Å²) in [5.41, 5.74) is 3.31. The highest BCUT2D eigenvalue weighted by Gasteiger charge is 2.15. The second kappa shape index (κ2) is 10.6. The third-order valence-corrected chi connectivity index (χ3v) is 5.36. The highest BCUT2D eigenvalue weighted by Crippen LogP contribution is 2.32. The Labute approximate surface area is 191 Å². The zero-order chi connectivity index (χ0) is 23.1. The van der Waals surface area contributed by atoms with Crippen molar-refractivity contribution in [3.05, 3.63) is 99.3 Å². The van der Waals surface area contributed by atoms with E-state index < -0.39 is 5.91 Å². The van der Waals surface area contributed by atoms with Crippen molar-refractivity contribution in [2.75, 3.05) is 12.4 Å². The number of ether oxygens (including phenoxy) is 1. The molecule has 32 heavy (non-hydrogen) atoms. The van der Waals surface area contributed by atoms with Crippen LogP contribution in [0.3, 0.4) is 0 Å². The van der Waals surface area contributed by atoms with E-state index in [9.17, 15) is 14.4 Å². The Hall–Kier alpha value is -3.62. The Bertz CT molecular complexity index is 1200. The van der Waals surface area contributed by atoms with E-state index in [0.29, 0.717) is 33.1 Å². The number of hydrogen-bond acceptors (Lipinski definition) is 3. The van der Waals surface area contributed by atoms with E-state index in [-0.39, 0.29) is 17.8 Å². The van der Waals surface area contributed by atoms with Gasteiger partial charge in [0.05, 0.1) is 7.11 Å². The molecule has 162 valence electrons. The number of nitrogens with zero attached hydrogens (tertiary/aromatic N) is 1. The number of carbonyl (C=O) groups is 1. The van der Waals surface area contributed by atoms with Crippen molar-refractivity contribution in [3.63, 3.8) is 0 Å². The Morgan fingerprint density at radius 2 is 1.91 bits per heavy atom. The molecule has 0 radical (unpaired) electrons. The van der Waals surface area contributed by atoms with Gasteiger partial charge in [-0.1, -0.05) is 48.9 Å². The average molecular weight is 449 g/mol. The predicted molar refractivity (Wildman–Crippen MR) is 125 cm³/mol. The lowest BCUT2D eigenvalue weighted by Gasteiger charge is -2.13. The van der Waals surface area contributed by atoms with Gasteiger partial charge in [0.2, 0.25) is 0 Å². The van der Waals surface area contributed by atoms with Crippen LogP contribution in [0.1, 0.15) is 29.2 Å². The Morgan fingerprint density at radius 3 is 2.53 bits per heavy atom. The van der Waals surface area contributed by atoms with Crippen LogP contribution in [-0.2, 0) is 17.6 Å². The van der Waals surface area contributed by atoms with E-state index in [2.05, 4.69) is 5.32 Å². The fraction of sp³-hybridized carbons (Fsp3) is 0.154. The van der Waals surface area contributed by atoms with Gasteiger partial charge in [0.15, 0.2) is 0 Å². The first-order valence-corrected chi connectivity index (χ1v) is 10.4. The first-order chi connectivity index (χ1) is 15.4. The molecule has 3 rings (SSSR count). The van der Waals surface area contributed by atoms with Gasteiger partial charge in [0.1, 0.15) is 23.2 Å². The fourth-order valence-corrected chi connectivity index (χ4v) is 3.52. The highest BCUT2D eigenvalue weighted by atomic mass is 35.5. The van der Waals surface area contributed by atoms with E-state index in [1.807, 2.05) is 25.1 Å². The van der Waals surface area contributed by atoms with Crippen LogP contribution in [-0.4, -0.2) is 13.0 Å². The molecule has 0 aliphatic heterocycles. The predicted octanol–water partition coefficient (Wildman–Crippen LogP) is 6.19. The molecule has 0 spiro atoms. The van der Waals surface area contributed by atoms with Crippen LogP contribution >= 0.6 is 11.6 Å². The Morgan fingerprint density at radius 1 is 1.19 bits per heavy atom. The number of benzene rings is 3. The SMILES string of the molecule is CCc1ccc(NC(=O)/C(C#N)=C/c2cc(Cl)c(Cc3ccccc3F)c(OC)c2)cc1. The molecule has 0 aliphatic rings. The molecular weight excluding hydrogens is 427 g/mol. The maximum absolute atomic E-state index is 14.1.